The van der Waals surface area contributed by atoms with Crippen LogP contribution in [0.4, 0.5) is 0 Å². The molecule has 0 heterocycles. The van der Waals surface area contributed by atoms with Gasteiger partial charge in [0.25, 0.3) is 0 Å². The molecule has 1 N–H and O–H groups in total. The summed E-state index contributed by atoms with van der Waals surface area (Å²) in [4.78, 5) is 0. The molecule has 0 aliphatic carbocycles. The molecule has 0 radical (unpaired) electrons. The molecule has 0 rings (SSSR count). The predicted octanol–water partition coefficient (Wildman–Crippen LogP) is 2.15. The van der Waals surface area contributed by atoms with Crippen LogP contribution in [-0.4, -0.2) is 14.9 Å². The monoisotopic (exact) mass is 185 g/mol. The lowest BCUT2D eigenvalue weighted by atomic mass is 10.2. The molecule has 0 aliphatic heterocycles. The Labute approximate surface area is 76.8 Å². The standard InChI is InChI=1S/C9H19NOSi/c1-7-8-10-11-12(5,6)9(2,3)4/h1,10H,8H2,2-6H3. The molecule has 70 valence electrons. The Hall–Kier alpha value is -0.303. The van der Waals surface area contributed by atoms with Gasteiger partial charge < -0.3 is 4.53 Å². The van der Waals surface area contributed by atoms with Crippen molar-refractivity contribution in [2.45, 2.75) is 38.9 Å². The van der Waals surface area contributed by atoms with Crippen LogP contribution in [0.2, 0.25) is 18.1 Å². The highest BCUT2D eigenvalue weighted by atomic mass is 28.4. The van der Waals surface area contributed by atoms with Crippen LogP contribution in [0.1, 0.15) is 20.8 Å². The van der Waals surface area contributed by atoms with Crippen LogP contribution < -0.4 is 5.48 Å². The molecule has 0 saturated carbocycles. The van der Waals surface area contributed by atoms with Crippen LogP contribution in [0, 0.1) is 12.3 Å². The lowest BCUT2D eigenvalue weighted by Gasteiger charge is -2.35. The van der Waals surface area contributed by atoms with Crippen molar-refractivity contribution in [1.29, 1.82) is 0 Å². The van der Waals surface area contributed by atoms with Crippen molar-refractivity contribution in [2.75, 3.05) is 6.54 Å². The maximum atomic E-state index is 5.58. The molecule has 0 aromatic rings. The maximum absolute atomic E-state index is 5.58. The summed E-state index contributed by atoms with van der Waals surface area (Å²) in [5.74, 6) is 2.48. The van der Waals surface area contributed by atoms with Gasteiger partial charge in [-0.05, 0) is 18.1 Å². The number of terminal acetylenes is 1. The molecule has 0 aliphatic rings. The molecule has 2 nitrogen and oxygen atoms in total. The number of hydrogen-bond acceptors (Lipinski definition) is 2. The first-order valence-corrected chi connectivity index (χ1v) is 7.06. The van der Waals surface area contributed by atoms with Crippen molar-refractivity contribution in [3.05, 3.63) is 0 Å². The second-order valence-corrected chi connectivity index (χ2v) is 9.11. The number of hydrogen-bond donors (Lipinski definition) is 1. The zero-order chi connectivity index (χ0) is 9.83. The van der Waals surface area contributed by atoms with Gasteiger partial charge in [-0.25, -0.2) is 5.48 Å². The van der Waals surface area contributed by atoms with E-state index in [0.717, 1.165) is 0 Å². The highest BCUT2D eigenvalue weighted by Gasteiger charge is 2.37. The minimum Gasteiger partial charge on any atom is -0.344 e. The fourth-order valence-electron chi connectivity index (χ4n) is 0.411. The Morgan fingerprint density at radius 3 is 2.25 bits per heavy atom. The quantitative estimate of drug-likeness (QED) is 0.315. The van der Waals surface area contributed by atoms with E-state index in [4.69, 9.17) is 11.0 Å². The molecule has 0 aromatic heterocycles. The molecule has 3 heteroatoms. The normalized spacial score (nSPS) is 12.7. The molecule has 0 fully saturated rings. The molecule has 0 bridgehead atoms. The molecule has 0 amide bonds. The summed E-state index contributed by atoms with van der Waals surface area (Å²) < 4.78 is 5.58. The van der Waals surface area contributed by atoms with Crippen LogP contribution in [0.5, 0.6) is 0 Å². The van der Waals surface area contributed by atoms with Gasteiger partial charge in [0, 0.05) is 0 Å². The lowest BCUT2D eigenvalue weighted by Crippen LogP contribution is -2.45. The third kappa shape index (κ3) is 3.40. The molecule has 0 atom stereocenters. The first-order chi connectivity index (χ1) is 5.31. The average Bonchev–Trinajstić information content (AvgIpc) is 1.85. The largest absolute Gasteiger partial charge is 0.344 e. The van der Waals surface area contributed by atoms with E-state index in [1.54, 1.807) is 0 Å². The Morgan fingerprint density at radius 2 is 1.92 bits per heavy atom. The van der Waals surface area contributed by atoms with Crippen molar-refractivity contribution in [2.24, 2.45) is 0 Å². The van der Waals surface area contributed by atoms with Crippen molar-refractivity contribution >= 4 is 8.32 Å². The van der Waals surface area contributed by atoms with Crippen molar-refractivity contribution in [3.8, 4) is 12.3 Å². The van der Waals surface area contributed by atoms with Gasteiger partial charge in [-0.3, -0.25) is 0 Å². The van der Waals surface area contributed by atoms with Crippen molar-refractivity contribution < 1.29 is 4.53 Å². The Morgan fingerprint density at radius 1 is 1.42 bits per heavy atom. The van der Waals surface area contributed by atoms with Gasteiger partial charge in [0.05, 0.1) is 6.54 Å². The summed E-state index contributed by atoms with van der Waals surface area (Å²) in [6.07, 6.45) is 5.09. The fraction of sp³-hybridized carbons (Fsp3) is 0.778. The van der Waals surface area contributed by atoms with E-state index in [1.807, 2.05) is 0 Å². The zero-order valence-electron chi connectivity index (χ0n) is 8.69. The summed E-state index contributed by atoms with van der Waals surface area (Å²) in [5, 5.41) is 0.231. The summed E-state index contributed by atoms with van der Waals surface area (Å²) >= 11 is 0. The third-order valence-corrected chi connectivity index (χ3v) is 6.57. The Kier molecular flexibility index (Phi) is 3.98. The molecular formula is C9H19NOSi. The topological polar surface area (TPSA) is 21.3 Å². The van der Waals surface area contributed by atoms with Crippen LogP contribution in [0.3, 0.4) is 0 Å². The van der Waals surface area contributed by atoms with Crippen molar-refractivity contribution in [3.63, 3.8) is 0 Å². The molecule has 0 spiro atoms. The highest BCUT2D eigenvalue weighted by molar-refractivity contribution is 6.74. The van der Waals surface area contributed by atoms with Gasteiger partial charge in [0.15, 0.2) is 0 Å². The second kappa shape index (κ2) is 4.08. The van der Waals surface area contributed by atoms with Gasteiger partial charge in [-0.15, -0.1) is 6.42 Å². The van der Waals surface area contributed by atoms with E-state index in [-0.39, 0.29) is 5.04 Å². The molecule has 12 heavy (non-hydrogen) atoms. The van der Waals surface area contributed by atoms with Gasteiger partial charge in [-0.2, -0.15) is 0 Å². The average molecular weight is 185 g/mol. The fourth-order valence-corrected chi connectivity index (χ4v) is 1.15. The summed E-state index contributed by atoms with van der Waals surface area (Å²) in [6.45, 7) is 11.4. The number of nitrogens with one attached hydrogen (secondary N) is 1. The smallest absolute Gasteiger partial charge is 0.220 e. The van der Waals surface area contributed by atoms with E-state index < -0.39 is 8.32 Å². The number of hydroxylamine groups is 1. The summed E-state index contributed by atoms with van der Waals surface area (Å²) in [7, 11) is -1.65. The molecule has 0 aromatic carbocycles. The second-order valence-electron chi connectivity index (χ2n) is 4.39. The van der Waals surface area contributed by atoms with Crippen LogP contribution in [0.25, 0.3) is 0 Å². The minimum absolute atomic E-state index is 0.231. The van der Waals surface area contributed by atoms with Crippen LogP contribution in [-0.2, 0) is 4.53 Å². The zero-order valence-corrected chi connectivity index (χ0v) is 9.69. The SMILES string of the molecule is C#CCNO[Si](C)(C)C(C)(C)C. The molecule has 0 unspecified atom stereocenters. The summed E-state index contributed by atoms with van der Waals surface area (Å²) in [6, 6.07) is 0. The van der Waals surface area contributed by atoms with Crippen LogP contribution >= 0.6 is 0 Å². The first kappa shape index (κ1) is 11.7. The van der Waals surface area contributed by atoms with E-state index in [0.29, 0.717) is 6.54 Å². The van der Waals surface area contributed by atoms with E-state index in [1.165, 1.54) is 0 Å². The maximum Gasteiger partial charge on any atom is 0.220 e. The van der Waals surface area contributed by atoms with Gasteiger partial charge in [0.1, 0.15) is 0 Å². The van der Waals surface area contributed by atoms with Gasteiger partial charge in [-0.1, -0.05) is 26.7 Å². The first-order valence-electron chi connectivity index (χ1n) is 4.15. The number of rotatable bonds is 3. The summed E-state index contributed by atoms with van der Waals surface area (Å²) in [5.41, 5.74) is 2.81. The van der Waals surface area contributed by atoms with E-state index in [9.17, 15) is 0 Å². The third-order valence-electron chi connectivity index (χ3n) is 2.31. The van der Waals surface area contributed by atoms with Crippen molar-refractivity contribution in [1.82, 2.24) is 5.48 Å². The van der Waals surface area contributed by atoms with E-state index in [2.05, 4.69) is 45.3 Å². The highest BCUT2D eigenvalue weighted by Crippen LogP contribution is 2.35. The Balaban J connectivity index is 3.98. The minimum atomic E-state index is -1.65. The van der Waals surface area contributed by atoms with Crippen LogP contribution in [0.15, 0.2) is 0 Å². The molecule has 0 saturated heterocycles. The van der Waals surface area contributed by atoms with Gasteiger partial charge in [0.2, 0.25) is 8.32 Å². The van der Waals surface area contributed by atoms with Gasteiger partial charge >= 0.3 is 0 Å². The predicted molar refractivity (Wildman–Crippen MR) is 55.1 cm³/mol. The Bertz CT molecular complexity index is 176. The van der Waals surface area contributed by atoms with E-state index >= 15 is 0 Å². The lowest BCUT2D eigenvalue weighted by molar-refractivity contribution is 0.187. The molecular weight excluding hydrogens is 166 g/mol.